The van der Waals surface area contributed by atoms with E-state index in [1.165, 1.54) is 0 Å². The van der Waals surface area contributed by atoms with Crippen LogP contribution in [0, 0.1) is 0 Å². The van der Waals surface area contributed by atoms with Gasteiger partial charge in [0, 0.05) is 18.2 Å². The van der Waals surface area contributed by atoms with Crippen molar-refractivity contribution in [2.24, 2.45) is 5.73 Å². The average molecular weight is 283 g/mol. The van der Waals surface area contributed by atoms with Crippen LogP contribution >= 0.6 is 11.6 Å². The van der Waals surface area contributed by atoms with Crippen LogP contribution in [0.15, 0.2) is 30.3 Å². The van der Waals surface area contributed by atoms with Crippen LogP contribution in [0.3, 0.4) is 0 Å². The molecular formula is C15H23ClN2O. The molecule has 0 bridgehead atoms. The van der Waals surface area contributed by atoms with Gasteiger partial charge in [-0.1, -0.05) is 38.0 Å². The molecule has 0 radical (unpaired) electrons. The number of rotatable bonds is 8. The Bertz CT molecular complexity index is 370. The third-order valence-electron chi connectivity index (χ3n) is 3.10. The first-order valence-electron chi connectivity index (χ1n) is 6.88. The summed E-state index contributed by atoms with van der Waals surface area (Å²) in [7, 11) is 0. The van der Waals surface area contributed by atoms with Gasteiger partial charge in [0.05, 0.1) is 5.38 Å². The zero-order valence-corrected chi connectivity index (χ0v) is 12.2. The summed E-state index contributed by atoms with van der Waals surface area (Å²) in [6, 6.07) is 9.18. The van der Waals surface area contributed by atoms with Gasteiger partial charge in [-0.05, 0) is 25.0 Å². The Balaban J connectivity index is 2.24. The molecular weight excluding hydrogens is 260 g/mol. The van der Waals surface area contributed by atoms with E-state index in [0.717, 1.165) is 19.3 Å². The Hall–Kier alpha value is -1.06. The summed E-state index contributed by atoms with van der Waals surface area (Å²) in [5.74, 6) is -0.0633. The van der Waals surface area contributed by atoms with Crippen molar-refractivity contribution < 1.29 is 4.79 Å². The highest BCUT2D eigenvalue weighted by Crippen LogP contribution is 2.11. The van der Waals surface area contributed by atoms with E-state index >= 15 is 0 Å². The van der Waals surface area contributed by atoms with Gasteiger partial charge in [-0.25, -0.2) is 0 Å². The first-order chi connectivity index (χ1) is 9.15. The number of halogens is 1. The number of unbranched alkanes of at least 4 members (excludes halogenated alkanes) is 1. The van der Waals surface area contributed by atoms with Gasteiger partial charge in [-0.15, -0.1) is 11.6 Å². The average Bonchev–Trinajstić information content (AvgIpc) is 2.45. The number of hydrogen-bond acceptors (Lipinski definition) is 2. The van der Waals surface area contributed by atoms with Gasteiger partial charge in [0.1, 0.15) is 0 Å². The molecule has 106 valence electrons. The maximum absolute atomic E-state index is 11.8. The number of carbonyl (C=O) groups excluding carboxylic acids is 1. The zero-order valence-electron chi connectivity index (χ0n) is 11.4. The molecule has 0 spiro atoms. The molecule has 1 rings (SSSR count). The van der Waals surface area contributed by atoms with Gasteiger partial charge >= 0.3 is 0 Å². The lowest BCUT2D eigenvalue weighted by Gasteiger charge is -2.17. The molecule has 0 saturated heterocycles. The number of alkyl halides is 1. The molecule has 0 aliphatic rings. The second-order valence-electron chi connectivity index (χ2n) is 4.73. The van der Waals surface area contributed by atoms with E-state index in [1.807, 2.05) is 18.2 Å². The molecule has 2 unspecified atom stereocenters. The normalized spacial score (nSPS) is 13.8. The van der Waals surface area contributed by atoms with Crippen LogP contribution in [0.25, 0.3) is 0 Å². The predicted molar refractivity (Wildman–Crippen MR) is 80.5 cm³/mol. The number of nitrogens with two attached hydrogens (primary N) is 1. The fourth-order valence-corrected chi connectivity index (χ4v) is 2.09. The fourth-order valence-electron chi connectivity index (χ4n) is 1.85. The van der Waals surface area contributed by atoms with Gasteiger partial charge in [0.15, 0.2) is 0 Å². The minimum Gasteiger partial charge on any atom is -0.352 e. The molecule has 0 aromatic heterocycles. The van der Waals surface area contributed by atoms with Gasteiger partial charge in [-0.3, -0.25) is 4.79 Å². The molecule has 0 aliphatic carbocycles. The summed E-state index contributed by atoms with van der Waals surface area (Å²) in [4.78, 5) is 11.8. The Morgan fingerprint density at radius 2 is 2.00 bits per heavy atom. The Morgan fingerprint density at radius 3 is 2.63 bits per heavy atom. The van der Waals surface area contributed by atoms with Crippen molar-refractivity contribution in [3.05, 3.63) is 35.9 Å². The topological polar surface area (TPSA) is 55.1 Å². The standard InChI is InChI=1S/C15H23ClN2O/c1-2-3-9-14(17)13(16)10-11-18-15(19)12-7-5-4-6-8-12/h4-8,13-14H,2-3,9-11,17H2,1H3,(H,18,19). The summed E-state index contributed by atoms with van der Waals surface area (Å²) < 4.78 is 0. The number of carbonyl (C=O) groups is 1. The quantitative estimate of drug-likeness (QED) is 0.720. The van der Waals surface area contributed by atoms with Gasteiger partial charge < -0.3 is 11.1 Å². The minimum absolute atomic E-state index is 0.00949. The molecule has 0 saturated carbocycles. The van der Waals surface area contributed by atoms with Crippen LogP contribution in [0.5, 0.6) is 0 Å². The fraction of sp³-hybridized carbons (Fsp3) is 0.533. The zero-order chi connectivity index (χ0) is 14.1. The molecule has 19 heavy (non-hydrogen) atoms. The molecule has 3 nitrogen and oxygen atoms in total. The molecule has 1 aromatic carbocycles. The third-order valence-corrected chi connectivity index (χ3v) is 3.64. The summed E-state index contributed by atoms with van der Waals surface area (Å²) in [6.45, 7) is 2.69. The van der Waals surface area contributed by atoms with E-state index in [-0.39, 0.29) is 17.3 Å². The molecule has 1 amide bonds. The molecule has 2 atom stereocenters. The lowest BCUT2D eigenvalue weighted by molar-refractivity contribution is 0.0953. The number of amides is 1. The molecule has 0 aliphatic heterocycles. The van der Waals surface area contributed by atoms with Crippen LogP contribution in [0.2, 0.25) is 0 Å². The van der Waals surface area contributed by atoms with E-state index in [9.17, 15) is 4.79 Å². The first-order valence-corrected chi connectivity index (χ1v) is 7.31. The van der Waals surface area contributed by atoms with Crippen molar-refractivity contribution in [2.75, 3.05) is 6.54 Å². The van der Waals surface area contributed by atoms with Crippen LogP contribution in [-0.2, 0) is 0 Å². The van der Waals surface area contributed by atoms with Crippen LogP contribution < -0.4 is 11.1 Å². The molecule has 0 heterocycles. The summed E-state index contributed by atoms with van der Waals surface area (Å²) in [6.07, 6.45) is 3.87. The smallest absolute Gasteiger partial charge is 0.251 e. The van der Waals surface area contributed by atoms with E-state index in [1.54, 1.807) is 12.1 Å². The van der Waals surface area contributed by atoms with Gasteiger partial charge in [0.2, 0.25) is 0 Å². The highest BCUT2D eigenvalue weighted by atomic mass is 35.5. The molecule has 3 N–H and O–H groups in total. The third kappa shape index (κ3) is 6.08. The monoisotopic (exact) mass is 282 g/mol. The summed E-state index contributed by atoms with van der Waals surface area (Å²) >= 11 is 6.22. The number of hydrogen-bond donors (Lipinski definition) is 2. The van der Waals surface area contributed by atoms with Gasteiger partial charge in [-0.2, -0.15) is 0 Å². The maximum atomic E-state index is 11.8. The van der Waals surface area contributed by atoms with Crippen molar-refractivity contribution in [1.82, 2.24) is 5.32 Å². The number of nitrogens with one attached hydrogen (secondary N) is 1. The molecule has 0 fully saturated rings. The summed E-state index contributed by atoms with van der Waals surface area (Å²) in [5.41, 5.74) is 6.66. The Kier molecular flexibility index (Phi) is 7.53. The molecule has 1 aromatic rings. The maximum Gasteiger partial charge on any atom is 0.251 e. The Labute approximate surface area is 120 Å². The van der Waals surface area contributed by atoms with E-state index < -0.39 is 0 Å². The second-order valence-corrected chi connectivity index (χ2v) is 5.29. The van der Waals surface area contributed by atoms with E-state index in [2.05, 4.69) is 12.2 Å². The lowest BCUT2D eigenvalue weighted by Crippen LogP contribution is -2.34. The van der Waals surface area contributed by atoms with Crippen molar-refractivity contribution >= 4 is 17.5 Å². The van der Waals surface area contributed by atoms with Crippen molar-refractivity contribution in [3.63, 3.8) is 0 Å². The SMILES string of the molecule is CCCCC(N)C(Cl)CCNC(=O)c1ccccc1. The largest absolute Gasteiger partial charge is 0.352 e. The van der Waals surface area contributed by atoms with Gasteiger partial charge in [0.25, 0.3) is 5.91 Å². The summed E-state index contributed by atoms with van der Waals surface area (Å²) in [5, 5.41) is 2.78. The highest BCUT2D eigenvalue weighted by molar-refractivity contribution is 6.21. The lowest BCUT2D eigenvalue weighted by atomic mass is 10.1. The Morgan fingerprint density at radius 1 is 1.32 bits per heavy atom. The van der Waals surface area contributed by atoms with Crippen molar-refractivity contribution in [3.8, 4) is 0 Å². The first kappa shape index (κ1) is 16.0. The number of benzene rings is 1. The van der Waals surface area contributed by atoms with Crippen LogP contribution in [0.4, 0.5) is 0 Å². The molecule has 4 heteroatoms. The minimum atomic E-state index is -0.0809. The predicted octanol–water partition coefficient (Wildman–Crippen LogP) is 2.93. The van der Waals surface area contributed by atoms with E-state index in [4.69, 9.17) is 17.3 Å². The second kappa shape index (κ2) is 8.94. The van der Waals surface area contributed by atoms with Crippen molar-refractivity contribution in [1.29, 1.82) is 0 Å². The van der Waals surface area contributed by atoms with Crippen LogP contribution in [-0.4, -0.2) is 23.9 Å². The van der Waals surface area contributed by atoms with Crippen LogP contribution in [0.1, 0.15) is 43.0 Å². The van der Waals surface area contributed by atoms with Crippen molar-refractivity contribution in [2.45, 2.75) is 44.0 Å². The highest BCUT2D eigenvalue weighted by Gasteiger charge is 2.14. The van der Waals surface area contributed by atoms with E-state index in [0.29, 0.717) is 18.5 Å².